The number of allylic oxidation sites excluding steroid dienone is 3. The summed E-state index contributed by atoms with van der Waals surface area (Å²) in [6.07, 6.45) is 11.4. The molecule has 120 valence electrons. The van der Waals surface area contributed by atoms with E-state index < -0.39 is 0 Å². The molecule has 0 fully saturated rings. The Balaban J connectivity index is 1.84. The van der Waals surface area contributed by atoms with E-state index >= 15 is 0 Å². The van der Waals surface area contributed by atoms with Crippen molar-refractivity contribution in [2.75, 3.05) is 0 Å². The molecule has 0 saturated carbocycles. The highest BCUT2D eigenvalue weighted by Crippen LogP contribution is 2.60. The Morgan fingerprint density at radius 3 is 2.68 bits per heavy atom. The number of fused-ring (bicyclic) bond motifs is 4. The summed E-state index contributed by atoms with van der Waals surface area (Å²) in [4.78, 5) is 0. The third-order valence-electron chi connectivity index (χ3n) is 7.08. The van der Waals surface area contributed by atoms with Crippen molar-refractivity contribution in [1.82, 2.24) is 0 Å². The molecule has 0 unspecified atom stereocenters. The standard InChI is InChI=1S/C19H27NO2/c1-18-7-5-12(20)9-11(18)10-15(21)17-13-3-4-16(22)19(13,2)8-6-14(17)18/h3-5,7,11-13,15-16,21-22H,6,8-10,20H2,1-2H3/t11-,12-,13-,15-,16-,18-,19-/m0/s1. The number of rotatable bonds is 0. The first-order valence-corrected chi connectivity index (χ1v) is 8.59. The molecule has 0 aromatic carbocycles. The van der Waals surface area contributed by atoms with Crippen LogP contribution < -0.4 is 5.73 Å². The first-order valence-electron chi connectivity index (χ1n) is 8.59. The fourth-order valence-electron chi connectivity index (χ4n) is 5.51. The summed E-state index contributed by atoms with van der Waals surface area (Å²) in [5, 5.41) is 21.2. The lowest BCUT2D eigenvalue weighted by Gasteiger charge is -2.53. The fourth-order valence-corrected chi connectivity index (χ4v) is 5.51. The van der Waals surface area contributed by atoms with Crippen molar-refractivity contribution < 1.29 is 10.2 Å². The molecule has 3 nitrogen and oxygen atoms in total. The van der Waals surface area contributed by atoms with E-state index in [1.165, 1.54) is 11.1 Å². The summed E-state index contributed by atoms with van der Waals surface area (Å²) in [7, 11) is 0. The topological polar surface area (TPSA) is 66.5 Å². The van der Waals surface area contributed by atoms with Crippen molar-refractivity contribution in [3.8, 4) is 0 Å². The van der Waals surface area contributed by atoms with Gasteiger partial charge >= 0.3 is 0 Å². The summed E-state index contributed by atoms with van der Waals surface area (Å²) in [6, 6.07) is 0.120. The maximum Gasteiger partial charge on any atom is 0.0783 e. The van der Waals surface area contributed by atoms with Crippen molar-refractivity contribution in [2.24, 2.45) is 28.4 Å². The van der Waals surface area contributed by atoms with Gasteiger partial charge in [0.2, 0.25) is 0 Å². The summed E-state index contributed by atoms with van der Waals surface area (Å²) in [5.74, 6) is 0.615. The van der Waals surface area contributed by atoms with Crippen molar-refractivity contribution >= 4 is 0 Å². The molecule has 4 N–H and O–H groups in total. The monoisotopic (exact) mass is 301 g/mol. The van der Waals surface area contributed by atoms with Crippen molar-refractivity contribution in [1.29, 1.82) is 0 Å². The van der Waals surface area contributed by atoms with Crippen LogP contribution in [0.4, 0.5) is 0 Å². The first-order chi connectivity index (χ1) is 10.4. The second kappa shape index (κ2) is 4.56. The van der Waals surface area contributed by atoms with E-state index in [-0.39, 0.29) is 35.0 Å². The van der Waals surface area contributed by atoms with E-state index in [2.05, 4.69) is 32.1 Å². The van der Waals surface area contributed by atoms with Gasteiger partial charge < -0.3 is 15.9 Å². The normalized spacial score (nSPS) is 53.2. The lowest BCUT2D eigenvalue weighted by Crippen LogP contribution is -2.49. The highest BCUT2D eigenvalue weighted by molar-refractivity contribution is 5.43. The summed E-state index contributed by atoms with van der Waals surface area (Å²) >= 11 is 0. The summed E-state index contributed by atoms with van der Waals surface area (Å²) in [6.45, 7) is 4.49. The van der Waals surface area contributed by atoms with Gasteiger partial charge in [-0.3, -0.25) is 0 Å². The van der Waals surface area contributed by atoms with Crippen LogP contribution in [-0.4, -0.2) is 28.5 Å². The minimum absolute atomic E-state index is 0.0349. The lowest BCUT2D eigenvalue weighted by atomic mass is 9.52. The molecule has 0 spiro atoms. The van der Waals surface area contributed by atoms with Gasteiger partial charge in [-0.15, -0.1) is 0 Å². The zero-order valence-corrected chi connectivity index (χ0v) is 13.5. The van der Waals surface area contributed by atoms with E-state index in [4.69, 9.17) is 5.73 Å². The molecule has 22 heavy (non-hydrogen) atoms. The predicted molar refractivity (Wildman–Crippen MR) is 87.0 cm³/mol. The van der Waals surface area contributed by atoms with Crippen LogP contribution in [0.25, 0.3) is 0 Å². The zero-order valence-electron chi connectivity index (χ0n) is 13.5. The van der Waals surface area contributed by atoms with E-state index in [0.29, 0.717) is 5.92 Å². The largest absolute Gasteiger partial charge is 0.389 e. The van der Waals surface area contributed by atoms with Crippen molar-refractivity contribution in [2.45, 2.75) is 57.8 Å². The van der Waals surface area contributed by atoms with Gasteiger partial charge in [-0.25, -0.2) is 0 Å². The van der Waals surface area contributed by atoms with Gasteiger partial charge in [0.25, 0.3) is 0 Å². The molecule has 3 heteroatoms. The third kappa shape index (κ3) is 1.73. The summed E-state index contributed by atoms with van der Waals surface area (Å²) in [5.41, 5.74) is 8.62. The highest BCUT2D eigenvalue weighted by Gasteiger charge is 2.54. The third-order valence-corrected chi connectivity index (χ3v) is 7.08. The average Bonchev–Trinajstić information content (AvgIpc) is 2.77. The van der Waals surface area contributed by atoms with Gasteiger partial charge in [0.1, 0.15) is 0 Å². The van der Waals surface area contributed by atoms with Crippen LogP contribution in [0, 0.1) is 22.7 Å². The van der Waals surface area contributed by atoms with Gasteiger partial charge in [-0.2, -0.15) is 0 Å². The van der Waals surface area contributed by atoms with Crippen LogP contribution in [0.15, 0.2) is 35.5 Å². The maximum atomic E-state index is 10.9. The maximum absolute atomic E-state index is 10.9. The minimum Gasteiger partial charge on any atom is -0.389 e. The Morgan fingerprint density at radius 1 is 1.14 bits per heavy atom. The molecule has 0 aromatic heterocycles. The van der Waals surface area contributed by atoms with Crippen molar-refractivity contribution in [3.63, 3.8) is 0 Å². The molecular formula is C19H27NO2. The van der Waals surface area contributed by atoms with Crippen LogP contribution in [0.3, 0.4) is 0 Å². The van der Waals surface area contributed by atoms with E-state index in [1.54, 1.807) is 0 Å². The van der Waals surface area contributed by atoms with E-state index in [1.807, 2.05) is 6.08 Å². The molecule has 0 aromatic rings. The Bertz CT molecular complexity index is 592. The number of nitrogens with two attached hydrogens (primary N) is 1. The quantitative estimate of drug-likeness (QED) is 0.602. The van der Waals surface area contributed by atoms with E-state index in [0.717, 1.165) is 25.7 Å². The molecule has 4 rings (SSSR count). The van der Waals surface area contributed by atoms with Crippen LogP contribution in [0.5, 0.6) is 0 Å². The van der Waals surface area contributed by atoms with Gasteiger partial charge in [-0.1, -0.05) is 43.7 Å². The van der Waals surface area contributed by atoms with Gasteiger partial charge in [-0.05, 0) is 37.2 Å². The second-order valence-electron chi connectivity index (χ2n) is 8.24. The van der Waals surface area contributed by atoms with Gasteiger partial charge in [0.15, 0.2) is 0 Å². The fraction of sp³-hybridized carbons (Fsp3) is 0.684. The number of aliphatic hydroxyl groups is 2. The van der Waals surface area contributed by atoms with Crippen molar-refractivity contribution in [3.05, 3.63) is 35.5 Å². The van der Waals surface area contributed by atoms with Gasteiger partial charge in [0.05, 0.1) is 12.2 Å². The summed E-state index contributed by atoms with van der Waals surface area (Å²) < 4.78 is 0. The Labute approximate surface area is 132 Å². The van der Waals surface area contributed by atoms with Crippen LogP contribution in [-0.2, 0) is 0 Å². The van der Waals surface area contributed by atoms with Crippen LogP contribution >= 0.6 is 0 Å². The molecule has 4 aliphatic rings. The molecule has 0 bridgehead atoms. The molecular weight excluding hydrogens is 274 g/mol. The number of hydrogen-bond acceptors (Lipinski definition) is 3. The number of hydrogen-bond donors (Lipinski definition) is 3. The number of aliphatic hydroxyl groups excluding tert-OH is 2. The molecule has 7 atom stereocenters. The Kier molecular flexibility index (Phi) is 3.04. The molecule has 0 amide bonds. The Morgan fingerprint density at radius 2 is 1.91 bits per heavy atom. The van der Waals surface area contributed by atoms with Gasteiger partial charge in [0, 0.05) is 22.8 Å². The molecule has 0 heterocycles. The zero-order chi connectivity index (χ0) is 15.7. The minimum atomic E-state index is -0.389. The molecule has 4 aliphatic carbocycles. The molecule has 0 aliphatic heterocycles. The van der Waals surface area contributed by atoms with Crippen LogP contribution in [0.2, 0.25) is 0 Å². The smallest absolute Gasteiger partial charge is 0.0783 e. The average molecular weight is 301 g/mol. The highest BCUT2D eigenvalue weighted by atomic mass is 16.3. The molecule has 0 radical (unpaired) electrons. The SMILES string of the molecule is C[C@]12CCC3=C([C@@H](O)C[C@@H]4C[C@@H](N)C=C[C@]34C)[C@@H]1C=C[C@@H]2O. The van der Waals surface area contributed by atoms with Crippen LogP contribution in [0.1, 0.15) is 39.5 Å². The molecule has 0 saturated heterocycles. The second-order valence-corrected chi connectivity index (χ2v) is 8.24. The predicted octanol–water partition coefficient (Wildman–Crippen LogP) is 2.30. The van der Waals surface area contributed by atoms with E-state index in [9.17, 15) is 10.2 Å². The lowest BCUT2D eigenvalue weighted by molar-refractivity contribution is 0.0228. The first kappa shape index (κ1) is 14.7. The Hall–Kier alpha value is -0.900.